The van der Waals surface area contributed by atoms with E-state index in [4.69, 9.17) is 4.43 Å². The minimum absolute atomic E-state index is 0.0199. The molecule has 124 valence electrons. The molecule has 1 fully saturated rings. The van der Waals surface area contributed by atoms with Crippen molar-refractivity contribution in [3.8, 4) is 0 Å². The van der Waals surface area contributed by atoms with Gasteiger partial charge in [-0.2, -0.15) is 0 Å². The Morgan fingerprint density at radius 1 is 1.10 bits per heavy atom. The first-order valence-electron chi connectivity index (χ1n) is 8.51. The maximum Gasteiger partial charge on any atom is 0.206 e. The van der Waals surface area contributed by atoms with E-state index in [-0.39, 0.29) is 22.1 Å². The summed E-state index contributed by atoms with van der Waals surface area (Å²) >= 11 is 0. The second-order valence-electron chi connectivity index (χ2n) is 9.07. The summed E-state index contributed by atoms with van der Waals surface area (Å²) in [7, 11) is -2.04. The van der Waals surface area contributed by atoms with Crippen molar-refractivity contribution in [1.29, 1.82) is 0 Å². The molecular formula is C18H36O2Si. The van der Waals surface area contributed by atoms with Crippen LogP contribution >= 0.6 is 0 Å². The molecule has 0 amide bonds. The molecule has 1 rings (SSSR count). The van der Waals surface area contributed by atoms with Gasteiger partial charge in [0.25, 0.3) is 0 Å². The summed E-state index contributed by atoms with van der Waals surface area (Å²) in [5.41, 5.74) is 0.564. The third kappa shape index (κ3) is 2.88. The monoisotopic (exact) mass is 312 g/mol. The lowest BCUT2D eigenvalue weighted by Crippen LogP contribution is -2.55. The molecule has 1 unspecified atom stereocenters. The van der Waals surface area contributed by atoms with Crippen LogP contribution < -0.4 is 0 Å². The van der Waals surface area contributed by atoms with Gasteiger partial charge in [0.2, 0.25) is 8.32 Å². The van der Waals surface area contributed by atoms with E-state index in [1.165, 1.54) is 0 Å². The van der Waals surface area contributed by atoms with E-state index in [0.29, 0.717) is 23.7 Å². The minimum atomic E-state index is -2.04. The zero-order valence-corrected chi connectivity index (χ0v) is 16.8. The summed E-state index contributed by atoms with van der Waals surface area (Å²) < 4.78 is 6.91. The van der Waals surface area contributed by atoms with Gasteiger partial charge in [-0.25, -0.2) is 0 Å². The highest BCUT2D eigenvalue weighted by atomic mass is 28.4. The topological polar surface area (TPSA) is 26.3 Å². The lowest BCUT2D eigenvalue weighted by molar-refractivity contribution is -0.125. The van der Waals surface area contributed by atoms with E-state index in [1.807, 2.05) is 6.92 Å². The second-order valence-corrected chi connectivity index (χ2v) is 14.7. The maximum atomic E-state index is 12.2. The minimum Gasteiger partial charge on any atom is -0.412 e. The third-order valence-electron chi connectivity index (χ3n) is 5.85. The van der Waals surface area contributed by atoms with E-state index >= 15 is 0 Å². The van der Waals surface area contributed by atoms with E-state index in [0.717, 1.165) is 0 Å². The number of ketones is 1. The number of rotatable bonds is 3. The Bertz CT molecular complexity index is 375. The molecule has 3 heteroatoms. The SMILES string of the molecule is CCC(=O)C(C)[C@H]1O[Si](C(C)(C)C)(C(C)(C)C)[C@@H](C)[C@@H]1C. The molecule has 0 aromatic rings. The fourth-order valence-corrected chi connectivity index (χ4v) is 12.7. The van der Waals surface area contributed by atoms with Crippen molar-refractivity contribution < 1.29 is 9.22 Å². The van der Waals surface area contributed by atoms with Crippen LogP contribution in [0, 0.1) is 11.8 Å². The van der Waals surface area contributed by atoms with Gasteiger partial charge in [0.15, 0.2) is 0 Å². The van der Waals surface area contributed by atoms with Crippen LogP contribution in [0.15, 0.2) is 0 Å². The smallest absolute Gasteiger partial charge is 0.206 e. The Hall–Kier alpha value is -0.153. The van der Waals surface area contributed by atoms with Gasteiger partial charge in [0, 0.05) is 12.3 Å². The Kier molecular flexibility index (Phi) is 5.22. The molecule has 0 aromatic carbocycles. The van der Waals surface area contributed by atoms with Crippen LogP contribution in [0.3, 0.4) is 0 Å². The van der Waals surface area contributed by atoms with E-state index in [2.05, 4.69) is 62.3 Å². The van der Waals surface area contributed by atoms with Gasteiger partial charge in [-0.1, -0.05) is 69.2 Å². The van der Waals surface area contributed by atoms with Crippen LogP contribution in [0.2, 0.25) is 15.6 Å². The maximum absolute atomic E-state index is 12.2. The molecule has 4 atom stereocenters. The third-order valence-corrected chi connectivity index (χ3v) is 12.8. The highest BCUT2D eigenvalue weighted by Crippen LogP contribution is 2.64. The zero-order chi connectivity index (χ0) is 16.8. The summed E-state index contributed by atoms with van der Waals surface area (Å²) in [6.07, 6.45) is 0.708. The van der Waals surface area contributed by atoms with Crippen molar-refractivity contribution in [3.05, 3.63) is 0 Å². The number of carbonyl (C=O) groups excluding carboxylic acids is 1. The van der Waals surface area contributed by atoms with Gasteiger partial charge in [-0.15, -0.1) is 0 Å². The predicted octanol–water partition coefficient (Wildman–Crippen LogP) is 5.57. The molecule has 2 nitrogen and oxygen atoms in total. The van der Waals surface area contributed by atoms with Crippen LogP contribution in [0.25, 0.3) is 0 Å². The van der Waals surface area contributed by atoms with Gasteiger partial charge in [-0.3, -0.25) is 4.79 Å². The lowest BCUT2D eigenvalue weighted by atomic mass is 9.88. The molecule has 0 saturated carbocycles. The van der Waals surface area contributed by atoms with Crippen LogP contribution in [0.4, 0.5) is 0 Å². The molecule has 1 saturated heterocycles. The molecule has 0 spiro atoms. The standard InChI is InChI=1S/C18H36O2Si/c1-11-15(19)13(3)16-12(2)14(4)21(20-16,17(5,6)7)18(8,9)10/h12-14,16H,11H2,1-10H3/t12-,13?,14-,16-/m0/s1. The first-order chi connectivity index (χ1) is 9.31. The van der Waals surface area contributed by atoms with Crippen molar-refractivity contribution in [2.45, 2.75) is 97.4 Å². The zero-order valence-electron chi connectivity index (χ0n) is 15.8. The first-order valence-corrected chi connectivity index (χ1v) is 10.5. The van der Waals surface area contributed by atoms with Gasteiger partial charge < -0.3 is 4.43 Å². The second kappa shape index (κ2) is 5.81. The average molecular weight is 313 g/mol. The molecule has 1 aliphatic heterocycles. The summed E-state index contributed by atoms with van der Waals surface area (Å²) in [4.78, 5) is 12.2. The number of hydrogen-bond acceptors (Lipinski definition) is 2. The molecule has 0 radical (unpaired) electrons. The molecular weight excluding hydrogens is 276 g/mol. The Morgan fingerprint density at radius 3 is 1.81 bits per heavy atom. The fourth-order valence-electron chi connectivity index (χ4n) is 4.99. The summed E-state index contributed by atoms with van der Waals surface area (Å²) in [5.74, 6) is 0.818. The quantitative estimate of drug-likeness (QED) is 0.637. The summed E-state index contributed by atoms with van der Waals surface area (Å²) in [6, 6.07) is 0. The molecule has 1 heterocycles. The fraction of sp³-hybridized carbons (Fsp3) is 0.944. The van der Waals surface area contributed by atoms with Gasteiger partial charge in [-0.05, 0) is 21.5 Å². The van der Waals surface area contributed by atoms with Gasteiger partial charge >= 0.3 is 0 Å². The molecule has 0 aromatic heterocycles. The summed E-state index contributed by atoms with van der Waals surface area (Å²) in [5, 5.41) is 0.339. The van der Waals surface area contributed by atoms with Crippen molar-refractivity contribution in [2.24, 2.45) is 11.8 Å². The van der Waals surface area contributed by atoms with E-state index in [9.17, 15) is 4.79 Å². The Morgan fingerprint density at radius 2 is 1.52 bits per heavy atom. The molecule has 1 aliphatic rings. The largest absolute Gasteiger partial charge is 0.412 e. The number of carbonyl (C=O) groups is 1. The summed E-state index contributed by atoms with van der Waals surface area (Å²) in [6.45, 7) is 22.7. The lowest BCUT2D eigenvalue weighted by Gasteiger charge is -2.51. The molecule has 21 heavy (non-hydrogen) atoms. The normalized spacial score (nSPS) is 31.2. The molecule has 0 N–H and O–H groups in total. The highest BCUT2D eigenvalue weighted by molar-refractivity contribution is 6.81. The molecule has 0 bridgehead atoms. The van der Waals surface area contributed by atoms with E-state index < -0.39 is 8.32 Å². The van der Waals surface area contributed by atoms with Crippen molar-refractivity contribution in [2.75, 3.05) is 0 Å². The van der Waals surface area contributed by atoms with Crippen molar-refractivity contribution >= 4 is 14.1 Å². The first kappa shape index (κ1) is 18.9. The Balaban J connectivity index is 3.30. The van der Waals surface area contributed by atoms with Crippen LogP contribution in [-0.2, 0) is 9.22 Å². The predicted molar refractivity (Wildman–Crippen MR) is 93.1 cm³/mol. The van der Waals surface area contributed by atoms with Gasteiger partial charge in [0.05, 0.1) is 6.10 Å². The van der Waals surface area contributed by atoms with Crippen LogP contribution in [-0.4, -0.2) is 20.2 Å². The Labute approximate surface area is 133 Å². The van der Waals surface area contributed by atoms with Crippen molar-refractivity contribution in [1.82, 2.24) is 0 Å². The number of Topliss-reactive ketones (excluding diaryl/α,β-unsaturated/α-hetero) is 1. The molecule has 0 aliphatic carbocycles. The average Bonchev–Trinajstić information content (AvgIpc) is 2.60. The number of hydrogen-bond donors (Lipinski definition) is 0. The van der Waals surface area contributed by atoms with Crippen LogP contribution in [0.1, 0.15) is 75.7 Å². The van der Waals surface area contributed by atoms with E-state index in [1.54, 1.807) is 0 Å². The highest BCUT2D eigenvalue weighted by Gasteiger charge is 2.65. The van der Waals surface area contributed by atoms with Crippen molar-refractivity contribution in [3.63, 3.8) is 0 Å². The van der Waals surface area contributed by atoms with Gasteiger partial charge in [0.1, 0.15) is 5.78 Å². The van der Waals surface area contributed by atoms with Crippen LogP contribution in [0.5, 0.6) is 0 Å².